The molecule has 7 heteroatoms. The average molecular weight is 332 g/mol. The quantitative estimate of drug-likeness (QED) is 0.512. The highest BCUT2D eigenvalue weighted by molar-refractivity contribution is 5.99. The van der Waals surface area contributed by atoms with Crippen LogP contribution in [0.1, 0.15) is 61.3 Å². The van der Waals surface area contributed by atoms with E-state index < -0.39 is 0 Å². The SMILES string of the molecule is CCCc1c(OCCCCc2nn[nH]n2)ccc(C(=O)CC)c1O. The number of nitrogens with one attached hydrogen (secondary N) is 1. The highest BCUT2D eigenvalue weighted by atomic mass is 16.5. The first kappa shape index (κ1) is 17.9. The van der Waals surface area contributed by atoms with Crippen molar-refractivity contribution >= 4 is 5.78 Å². The minimum absolute atomic E-state index is 0.0588. The number of aryl methyl sites for hydroxylation is 1. The predicted molar refractivity (Wildman–Crippen MR) is 89.3 cm³/mol. The average Bonchev–Trinajstić information content (AvgIpc) is 3.10. The van der Waals surface area contributed by atoms with Crippen molar-refractivity contribution in [1.82, 2.24) is 20.6 Å². The number of carbonyl (C=O) groups is 1. The van der Waals surface area contributed by atoms with Gasteiger partial charge in [0.2, 0.25) is 0 Å². The molecule has 0 aliphatic carbocycles. The van der Waals surface area contributed by atoms with Crippen LogP contribution in [0.5, 0.6) is 11.5 Å². The summed E-state index contributed by atoms with van der Waals surface area (Å²) in [5, 5.41) is 24.2. The first-order valence-electron chi connectivity index (χ1n) is 8.40. The van der Waals surface area contributed by atoms with Crippen molar-refractivity contribution in [1.29, 1.82) is 0 Å². The molecule has 2 aromatic rings. The summed E-state index contributed by atoms with van der Waals surface area (Å²) in [6.07, 6.45) is 4.39. The number of unbranched alkanes of at least 4 members (excludes halogenated alkanes) is 1. The monoisotopic (exact) mass is 332 g/mol. The molecular weight excluding hydrogens is 308 g/mol. The van der Waals surface area contributed by atoms with Crippen molar-refractivity contribution in [3.63, 3.8) is 0 Å². The van der Waals surface area contributed by atoms with Crippen LogP contribution in [0.2, 0.25) is 0 Å². The van der Waals surface area contributed by atoms with Gasteiger partial charge < -0.3 is 9.84 Å². The molecular formula is C17H24N4O3. The van der Waals surface area contributed by atoms with Crippen molar-refractivity contribution in [3.8, 4) is 11.5 Å². The molecule has 1 aromatic carbocycles. The molecule has 24 heavy (non-hydrogen) atoms. The summed E-state index contributed by atoms with van der Waals surface area (Å²) in [4.78, 5) is 11.9. The number of ether oxygens (including phenoxy) is 1. The Hall–Kier alpha value is -2.44. The Morgan fingerprint density at radius 1 is 1.25 bits per heavy atom. The minimum Gasteiger partial charge on any atom is -0.507 e. The maximum atomic E-state index is 11.9. The predicted octanol–water partition coefficient (Wildman–Crippen LogP) is 2.85. The third-order valence-corrected chi connectivity index (χ3v) is 3.80. The van der Waals surface area contributed by atoms with Gasteiger partial charge in [-0.2, -0.15) is 5.21 Å². The molecule has 0 unspecified atom stereocenters. The number of Topliss-reactive ketones (excluding diaryl/α,β-unsaturated/α-hetero) is 1. The number of carbonyl (C=O) groups excluding carboxylic acids is 1. The zero-order valence-corrected chi connectivity index (χ0v) is 14.2. The Kier molecular flexibility index (Phi) is 6.72. The van der Waals surface area contributed by atoms with Gasteiger partial charge >= 0.3 is 0 Å². The van der Waals surface area contributed by atoms with Crippen LogP contribution in [-0.2, 0) is 12.8 Å². The molecule has 1 heterocycles. The smallest absolute Gasteiger partial charge is 0.174 e. The molecule has 2 N–H and O–H groups in total. The van der Waals surface area contributed by atoms with E-state index in [0.29, 0.717) is 36.6 Å². The number of hydrogen-bond acceptors (Lipinski definition) is 6. The van der Waals surface area contributed by atoms with Gasteiger partial charge in [-0.3, -0.25) is 4.79 Å². The van der Waals surface area contributed by atoms with Crippen LogP contribution in [0, 0.1) is 0 Å². The molecule has 0 atom stereocenters. The number of tetrazole rings is 1. The van der Waals surface area contributed by atoms with Gasteiger partial charge in [0.05, 0.1) is 12.2 Å². The number of aromatic nitrogens is 4. The molecule has 0 saturated carbocycles. The molecule has 0 saturated heterocycles. The van der Waals surface area contributed by atoms with Crippen molar-refractivity contribution in [3.05, 3.63) is 29.1 Å². The number of phenols is 1. The van der Waals surface area contributed by atoms with E-state index in [-0.39, 0.29) is 11.5 Å². The number of aromatic amines is 1. The van der Waals surface area contributed by atoms with Gasteiger partial charge in [0.1, 0.15) is 11.5 Å². The molecule has 130 valence electrons. The maximum Gasteiger partial charge on any atom is 0.174 e. The van der Waals surface area contributed by atoms with E-state index in [2.05, 4.69) is 20.6 Å². The number of aromatic hydroxyl groups is 1. The van der Waals surface area contributed by atoms with Crippen LogP contribution in [-0.4, -0.2) is 38.1 Å². The third-order valence-electron chi connectivity index (χ3n) is 3.80. The number of nitrogens with zero attached hydrogens (tertiary/aromatic N) is 3. The lowest BCUT2D eigenvalue weighted by Crippen LogP contribution is -2.05. The Morgan fingerprint density at radius 2 is 2.08 bits per heavy atom. The van der Waals surface area contributed by atoms with E-state index in [1.54, 1.807) is 19.1 Å². The first-order valence-corrected chi connectivity index (χ1v) is 8.40. The van der Waals surface area contributed by atoms with E-state index in [9.17, 15) is 9.90 Å². The van der Waals surface area contributed by atoms with Gasteiger partial charge in [0, 0.05) is 18.4 Å². The Balaban J connectivity index is 1.95. The number of benzene rings is 1. The van der Waals surface area contributed by atoms with Gasteiger partial charge in [-0.15, -0.1) is 10.2 Å². The lowest BCUT2D eigenvalue weighted by Gasteiger charge is -2.15. The van der Waals surface area contributed by atoms with Gasteiger partial charge in [-0.1, -0.05) is 25.5 Å². The van der Waals surface area contributed by atoms with Gasteiger partial charge in [0.15, 0.2) is 11.6 Å². The topological polar surface area (TPSA) is 101 Å². The van der Waals surface area contributed by atoms with E-state index in [0.717, 1.165) is 31.2 Å². The normalized spacial score (nSPS) is 10.8. The molecule has 1 aromatic heterocycles. The van der Waals surface area contributed by atoms with E-state index in [4.69, 9.17) is 4.74 Å². The Labute approximate surface area is 141 Å². The maximum absolute atomic E-state index is 11.9. The summed E-state index contributed by atoms with van der Waals surface area (Å²) in [7, 11) is 0. The summed E-state index contributed by atoms with van der Waals surface area (Å²) >= 11 is 0. The van der Waals surface area contributed by atoms with Gasteiger partial charge in [-0.05, 0) is 31.4 Å². The summed E-state index contributed by atoms with van der Waals surface area (Å²) < 4.78 is 5.82. The summed E-state index contributed by atoms with van der Waals surface area (Å²) in [6, 6.07) is 3.43. The summed E-state index contributed by atoms with van der Waals surface area (Å²) in [5.41, 5.74) is 1.10. The molecule has 0 amide bonds. The van der Waals surface area contributed by atoms with E-state index >= 15 is 0 Å². The second kappa shape index (κ2) is 9.00. The van der Waals surface area contributed by atoms with Crippen LogP contribution >= 0.6 is 0 Å². The summed E-state index contributed by atoms with van der Waals surface area (Å²) in [6.45, 7) is 4.35. The molecule has 0 aliphatic rings. The number of H-pyrrole nitrogens is 1. The highest BCUT2D eigenvalue weighted by Crippen LogP contribution is 2.33. The Bertz CT molecular complexity index is 656. The van der Waals surface area contributed by atoms with E-state index in [1.807, 2.05) is 6.92 Å². The van der Waals surface area contributed by atoms with Crippen molar-refractivity contribution in [2.24, 2.45) is 0 Å². The van der Waals surface area contributed by atoms with Gasteiger partial charge in [-0.25, -0.2) is 0 Å². The largest absolute Gasteiger partial charge is 0.507 e. The minimum atomic E-state index is -0.0588. The summed E-state index contributed by atoms with van der Waals surface area (Å²) in [5.74, 6) is 1.35. The molecule has 0 aliphatic heterocycles. The fourth-order valence-corrected chi connectivity index (χ4v) is 2.52. The van der Waals surface area contributed by atoms with Gasteiger partial charge in [0.25, 0.3) is 0 Å². The number of phenolic OH excluding ortho intramolecular Hbond substituents is 1. The Morgan fingerprint density at radius 3 is 2.75 bits per heavy atom. The van der Waals surface area contributed by atoms with Crippen molar-refractivity contribution in [2.75, 3.05) is 6.61 Å². The van der Waals surface area contributed by atoms with Crippen LogP contribution in [0.15, 0.2) is 12.1 Å². The van der Waals surface area contributed by atoms with E-state index in [1.165, 1.54) is 0 Å². The van der Waals surface area contributed by atoms with Crippen molar-refractivity contribution < 1.29 is 14.6 Å². The second-order valence-corrected chi connectivity index (χ2v) is 5.60. The molecule has 0 fully saturated rings. The second-order valence-electron chi connectivity index (χ2n) is 5.60. The number of ketones is 1. The third kappa shape index (κ3) is 4.53. The lowest BCUT2D eigenvalue weighted by atomic mass is 10.00. The zero-order chi connectivity index (χ0) is 17.4. The van der Waals surface area contributed by atoms with Crippen LogP contribution < -0.4 is 4.74 Å². The highest BCUT2D eigenvalue weighted by Gasteiger charge is 2.17. The number of rotatable bonds is 10. The van der Waals surface area contributed by atoms with Crippen LogP contribution in [0.3, 0.4) is 0 Å². The zero-order valence-electron chi connectivity index (χ0n) is 14.2. The molecule has 0 spiro atoms. The van der Waals surface area contributed by atoms with Crippen LogP contribution in [0.25, 0.3) is 0 Å². The fraction of sp³-hybridized carbons (Fsp3) is 0.529. The molecule has 0 radical (unpaired) electrons. The first-order chi connectivity index (χ1) is 11.7. The fourth-order valence-electron chi connectivity index (χ4n) is 2.52. The standard InChI is InChI=1S/C17H24N4O3/c1-3-7-13-15(10-9-12(17(13)23)14(22)4-2)24-11-6-5-8-16-18-20-21-19-16/h9-10,23H,3-8,11H2,1-2H3,(H,18,19,20,21). The molecule has 0 bridgehead atoms. The number of hydrogen-bond donors (Lipinski definition) is 2. The van der Waals surface area contributed by atoms with Crippen LogP contribution in [0.4, 0.5) is 0 Å². The molecule has 7 nitrogen and oxygen atoms in total. The van der Waals surface area contributed by atoms with Crippen molar-refractivity contribution in [2.45, 2.75) is 52.4 Å². The molecule has 2 rings (SSSR count). The lowest BCUT2D eigenvalue weighted by molar-refractivity contribution is 0.0985.